The Morgan fingerprint density at radius 1 is 1.10 bits per heavy atom. The number of pyridine rings is 1. The summed E-state index contributed by atoms with van der Waals surface area (Å²) in [4.78, 5) is 22.5. The number of benzene rings is 1. The predicted octanol–water partition coefficient (Wildman–Crippen LogP) is 3.54. The number of likely N-dealkylation sites (tertiary alicyclic amines) is 1. The van der Waals surface area contributed by atoms with Gasteiger partial charge in [0.2, 0.25) is 0 Å². The lowest BCUT2D eigenvalue weighted by Gasteiger charge is -2.42. The smallest absolute Gasteiger partial charge is 0.257 e. The molecule has 5 nitrogen and oxygen atoms in total. The van der Waals surface area contributed by atoms with E-state index in [1.54, 1.807) is 17.5 Å². The number of rotatable bonds is 5. The second-order valence-electron chi connectivity index (χ2n) is 8.09. The third-order valence-electron chi connectivity index (χ3n) is 6.12. The Morgan fingerprint density at radius 2 is 2.00 bits per heavy atom. The molecule has 2 aromatic heterocycles. The molecule has 5 rings (SSSR count). The third-order valence-corrected chi connectivity index (χ3v) is 6.85. The van der Waals surface area contributed by atoms with Crippen LogP contribution in [-0.4, -0.2) is 52.5 Å². The van der Waals surface area contributed by atoms with Gasteiger partial charge in [-0.1, -0.05) is 36.4 Å². The minimum absolute atomic E-state index is 0.0316. The summed E-state index contributed by atoms with van der Waals surface area (Å²) in [6, 6.07) is 16.4. The number of carbonyl (C=O) groups is 1. The molecule has 0 N–H and O–H groups in total. The first-order valence-electron chi connectivity index (χ1n) is 10.4. The first kappa shape index (κ1) is 19.4. The Bertz CT molecular complexity index is 980. The Morgan fingerprint density at radius 3 is 2.77 bits per heavy atom. The van der Waals surface area contributed by atoms with Gasteiger partial charge in [-0.3, -0.25) is 14.7 Å². The molecule has 0 aliphatic carbocycles. The van der Waals surface area contributed by atoms with Crippen molar-refractivity contribution in [2.75, 3.05) is 26.2 Å². The van der Waals surface area contributed by atoms with Gasteiger partial charge >= 0.3 is 0 Å². The van der Waals surface area contributed by atoms with Crippen LogP contribution in [0.5, 0.6) is 0 Å². The van der Waals surface area contributed by atoms with Crippen molar-refractivity contribution in [2.24, 2.45) is 0 Å². The summed E-state index contributed by atoms with van der Waals surface area (Å²) in [5.74, 6) is 0.0650. The lowest BCUT2D eigenvalue weighted by molar-refractivity contribution is -0.173. The second kappa shape index (κ2) is 8.30. The minimum atomic E-state index is -0.855. The normalized spacial score (nSPS) is 24.6. The summed E-state index contributed by atoms with van der Waals surface area (Å²) in [5.41, 5.74) is 2.65. The molecule has 30 heavy (non-hydrogen) atoms. The number of thiophene rings is 1. The Kier molecular flexibility index (Phi) is 5.37. The van der Waals surface area contributed by atoms with Gasteiger partial charge in [-0.2, -0.15) is 11.3 Å². The van der Waals surface area contributed by atoms with Crippen LogP contribution in [0.2, 0.25) is 0 Å². The molecule has 4 heterocycles. The molecule has 1 amide bonds. The Labute approximate surface area is 180 Å². The van der Waals surface area contributed by atoms with Crippen molar-refractivity contribution in [3.05, 3.63) is 88.4 Å². The van der Waals surface area contributed by atoms with Gasteiger partial charge in [-0.25, -0.2) is 0 Å². The summed E-state index contributed by atoms with van der Waals surface area (Å²) in [6.45, 7) is 4.02. The summed E-state index contributed by atoms with van der Waals surface area (Å²) < 4.78 is 6.37. The van der Waals surface area contributed by atoms with Crippen LogP contribution in [0.25, 0.3) is 0 Å². The summed E-state index contributed by atoms with van der Waals surface area (Å²) in [5, 5.41) is 4.28. The van der Waals surface area contributed by atoms with Crippen LogP contribution < -0.4 is 0 Å². The van der Waals surface area contributed by atoms with Crippen LogP contribution in [0, 0.1) is 0 Å². The zero-order chi connectivity index (χ0) is 20.4. The number of amides is 1. The minimum Gasteiger partial charge on any atom is -0.361 e. The van der Waals surface area contributed by atoms with E-state index in [0.717, 1.165) is 24.2 Å². The van der Waals surface area contributed by atoms with Gasteiger partial charge in [0.25, 0.3) is 5.91 Å². The first-order valence-corrected chi connectivity index (χ1v) is 11.3. The molecular formula is C24H25N3O2S. The maximum atomic E-state index is 13.8. The van der Waals surface area contributed by atoms with E-state index in [1.165, 1.54) is 5.56 Å². The molecule has 2 aliphatic rings. The molecular weight excluding hydrogens is 394 g/mol. The van der Waals surface area contributed by atoms with Gasteiger partial charge in [0.15, 0.2) is 5.60 Å². The van der Waals surface area contributed by atoms with E-state index in [1.807, 2.05) is 35.4 Å². The number of morpholine rings is 1. The predicted molar refractivity (Wildman–Crippen MR) is 117 cm³/mol. The van der Waals surface area contributed by atoms with Crippen molar-refractivity contribution in [3.8, 4) is 0 Å². The number of hydrogen-bond acceptors (Lipinski definition) is 5. The van der Waals surface area contributed by atoms with Crippen LogP contribution >= 0.6 is 11.3 Å². The first-order chi connectivity index (χ1) is 14.7. The SMILES string of the molecule is O=C1N(Cc2ccccc2)CCO[C@]12CN(Cc1ccsc1)C[C@@H]2c1cccnc1. The fourth-order valence-electron chi connectivity index (χ4n) is 4.72. The van der Waals surface area contributed by atoms with Crippen molar-refractivity contribution in [3.63, 3.8) is 0 Å². The van der Waals surface area contributed by atoms with Gasteiger partial charge in [-0.05, 0) is 39.6 Å². The van der Waals surface area contributed by atoms with E-state index in [9.17, 15) is 4.79 Å². The Hall–Kier alpha value is -2.54. The summed E-state index contributed by atoms with van der Waals surface area (Å²) >= 11 is 1.71. The van der Waals surface area contributed by atoms with Crippen LogP contribution in [0.4, 0.5) is 0 Å². The van der Waals surface area contributed by atoms with Crippen LogP contribution in [-0.2, 0) is 22.6 Å². The van der Waals surface area contributed by atoms with Gasteiger partial charge in [0, 0.05) is 51.0 Å². The molecule has 0 radical (unpaired) electrons. The van der Waals surface area contributed by atoms with E-state index < -0.39 is 5.60 Å². The fraction of sp³-hybridized carbons (Fsp3) is 0.333. The highest BCUT2D eigenvalue weighted by Crippen LogP contribution is 2.42. The van der Waals surface area contributed by atoms with E-state index >= 15 is 0 Å². The van der Waals surface area contributed by atoms with Crippen LogP contribution in [0.1, 0.15) is 22.6 Å². The quantitative estimate of drug-likeness (QED) is 0.635. The largest absolute Gasteiger partial charge is 0.361 e. The maximum absolute atomic E-state index is 13.8. The lowest BCUT2D eigenvalue weighted by atomic mass is 9.83. The van der Waals surface area contributed by atoms with Gasteiger partial charge in [0.1, 0.15) is 0 Å². The number of carbonyl (C=O) groups excluding carboxylic acids is 1. The van der Waals surface area contributed by atoms with E-state index in [0.29, 0.717) is 26.2 Å². The average Bonchev–Trinajstić information content (AvgIpc) is 3.42. The summed E-state index contributed by atoms with van der Waals surface area (Å²) in [7, 11) is 0. The Balaban J connectivity index is 1.45. The van der Waals surface area contributed by atoms with Gasteiger partial charge in [0.05, 0.1) is 6.61 Å². The molecule has 154 valence electrons. The molecule has 2 saturated heterocycles. The molecule has 1 spiro atoms. The van der Waals surface area contributed by atoms with Crippen LogP contribution in [0.15, 0.2) is 71.7 Å². The zero-order valence-corrected chi connectivity index (χ0v) is 17.6. The van der Waals surface area contributed by atoms with Gasteiger partial charge in [-0.15, -0.1) is 0 Å². The maximum Gasteiger partial charge on any atom is 0.257 e. The average molecular weight is 420 g/mol. The highest BCUT2D eigenvalue weighted by molar-refractivity contribution is 7.07. The standard InChI is InChI=1S/C24H25N3O2S/c28-23-24(29-11-10-27(23)15-19-5-2-1-3-6-19)18-26(14-20-8-12-30-17-20)16-22(24)21-7-4-9-25-13-21/h1-9,12-13,17,22H,10-11,14-16,18H2/t22-,24+/m1/s1. The number of aromatic nitrogens is 1. The topological polar surface area (TPSA) is 45.7 Å². The van der Waals surface area contributed by atoms with Gasteiger partial charge < -0.3 is 9.64 Å². The summed E-state index contributed by atoms with van der Waals surface area (Å²) in [6.07, 6.45) is 3.66. The molecule has 2 aliphatic heterocycles. The van der Waals surface area contributed by atoms with Crippen molar-refractivity contribution >= 4 is 17.2 Å². The van der Waals surface area contributed by atoms with Crippen molar-refractivity contribution in [2.45, 2.75) is 24.6 Å². The molecule has 0 bridgehead atoms. The third kappa shape index (κ3) is 3.67. The second-order valence-corrected chi connectivity index (χ2v) is 8.87. The van der Waals surface area contributed by atoms with Crippen LogP contribution in [0.3, 0.4) is 0 Å². The zero-order valence-electron chi connectivity index (χ0n) is 16.8. The van der Waals surface area contributed by atoms with E-state index in [-0.39, 0.29) is 11.8 Å². The lowest BCUT2D eigenvalue weighted by Crippen LogP contribution is -2.59. The highest BCUT2D eigenvalue weighted by atomic mass is 32.1. The fourth-order valence-corrected chi connectivity index (χ4v) is 5.38. The number of nitrogens with zero attached hydrogens (tertiary/aromatic N) is 3. The van der Waals surface area contributed by atoms with E-state index in [2.05, 4.69) is 44.9 Å². The van der Waals surface area contributed by atoms with Crippen molar-refractivity contribution in [1.29, 1.82) is 0 Å². The van der Waals surface area contributed by atoms with Crippen molar-refractivity contribution < 1.29 is 9.53 Å². The monoisotopic (exact) mass is 419 g/mol. The molecule has 3 aromatic rings. The molecule has 2 atom stereocenters. The number of hydrogen-bond donors (Lipinski definition) is 0. The molecule has 2 fully saturated rings. The molecule has 1 aromatic carbocycles. The molecule has 6 heteroatoms. The number of ether oxygens (including phenoxy) is 1. The van der Waals surface area contributed by atoms with Crippen molar-refractivity contribution in [1.82, 2.24) is 14.8 Å². The highest BCUT2D eigenvalue weighted by Gasteiger charge is 2.56. The van der Waals surface area contributed by atoms with E-state index in [4.69, 9.17) is 4.74 Å². The molecule has 0 unspecified atom stereocenters. The molecule has 0 saturated carbocycles.